The first kappa shape index (κ1) is 18.4. The smallest absolute Gasteiger partial charge is 0.271 e. The van der Waals surface area contributed by atoms with Gasteiger partial charge in [-0.25, -0.2) is 9.36 Å². The van der Waals surface area contributed by atoms with E-state index >= 15 is 0 Å². The Bertz CT molecular complexity index is 1470. The van der Waals surface area contributed by atoms with Crippen molar-refractivity contribution in [2.24, 2.45) is 7.05 Å². The summed E-state index contributed by atoms with van der Waals surface area (Å²) in [4.78, 5) is 12.6. The van der Waals surface area contributed by atoms with Crippen molar-refractivity contribution >= 4 is 28.4 Å². The minimum Gasteiger partial charge on any atom is -0.334 e. The SMILES string of the molecule is Cc1cc(C)n(-c2nnc(SCc3nnc4n(C)c(=O)c5ccccc5n34)n2N)n1. The number of para-hydroxylation sites is 1. The molecule has 0 aliphatic carbocycles. The van der Waals surface area contributed by atoms with Crippen molar-refractivity contribution in [2.45, 2.75) is 24.8 Å². The van der Waals surface area contributed by atoms with Crippen LogP contribution in [0.3, 0.4) is 0 Å². The van der Waals surface area contributed by atoms with Gasteiger partial charge in [-0.3, -0.25) is 13.8 Å². The van der Waals surface area contributed by atoms with Gasteiger partial charge in [0.1, 0.15) is 5.82 Å². The summed E-state index contributed by atoms with van der Waals surface area (Å²) in [5.41, 5.74) is 2.44. The van der Waals surface area contributed by atoms with E-state index in [1.165, 1.54) is 21.0 Å². The van der Waals surface area contributed by atoms with E-state index < -0.39 is 0 Å². The van der Waals surface area contributed by atoms with E-state index in [2.05, 4.69) is 25.5 Å². The van der Waals surface area contributed by atoms with Crippen LogP contribution in [-0.2, 0) is 12.8 Å². The van der Waals surface area contributed by atoms with Gasteiger partial charge in [0.25, 0.3) is 11.5 Å². The van der Waals surface area contributed by atoms with E-state index in [1.54, 1.807) is 17.8 Å². The van der Waals surface area contributed by atoms with E-state index in [-0.39, 0.29) is 5.56 Å². The van der Waals surface area contributed by atoms with Gasteiger partial charge in [-0.05, 0) is 32.0 Å². The zero-order valence-corrected chi connectivity index (χ0v) is 17.3. The number of aryl methyl sites for hydroxylation is 3. The molecule has 2 N–H and O–H groups in total. The van der Waals surface area contributed by atoms with Crippen LogP contribution in [-0.4, -0.2) is 43.8 Å². The minimum atomic E-state index is -0.110. The molecule has 0 amide bonds. The lowest BCUT2D eigenvalue weighted by molar-refractivity contribution is 0.727. The van der Waals surface area contributed by atoms with Crippen molar-refractivity contribution in [3.63, 3.8) is 0 Å². The van der Waals surface area contributed by atoms with Crippen LogP contribution in [0.1, 0.15) is 17.2 Å². The Hall–Kier alpha value is -3.67. The number of benzene rings is 1. The fourth-order valence-electron chi connectivity index (χ4n) is 3.46. The molecule has 30 heavy (non-hydrogen) atoms. The van der Waals surface area contributed by atoms with Crippen LogP contribution in [0.4, 0.5) is 0 Å². The van der Waals surface area contributed by atoms with E-state index in [9.17, 15) is 4.79 Å². The molecule has 0 radical (unpaired) electrons. The average Bonchev–Trinajstić information content (AvgIpc) is 3.41. The minimum absolute atomic E-state index is 0.110. The number of nitrogens with zero attached hydrogens (tertiary/aromatic N) is 9. The van der Waals surface area contributed by atoms with Gasteiger partial charge in [0.15, 0.2) is 0 Å². The van der Waals surface area contributed by atoms with Gasteiger partial charge in [-0.15, -0.1) is 20.4 Å². The highest BCUT2D eigenvalue weighted by Gasteiger charge is 2.18. The van der Waals surface area contributed by atoms with Gasteiger partial charge in [0, 0.05) is 12.7 Å². The molecule has 5 rings (SSSR count). The second-order valence-electron chi connectivity index (χ2n) is 6.91. The highest BCUT2D eigenvalue weighted by atomic mass is 32.2. The van der Waals surface area contributed by atoms with E-state index in [0.29, 0.717) is 33.8 Å². The second-order valence-corrected chi connectivity index (χ2v) is 7.86. The van der Waals surface area contributed by atoms with Crippen LogP contribution in [0.25, 0.3) is 22.6 Å². The summed E-state index contributed by atoms with van der Waals surface area (Å²) in [5, 5.41) is 22.4. The summed E-state index contributed by atoms with van der Waals surface area (Å²) in [5.74, 6) is 8.25. The molecule has 0 saturated heterocycles. The highest BCUT2D eigenvalue weighted by Crippen LogP contribution is 2.23. The number of hydrogen-bond donors (Lipinski definition) is 1. The number of nitrogens with two attached hydrogens (primary N) is 1. The number of nitrogen functional groups attached to an aromatic ring is 1. The van der Waals surface area contributed by atoms with Crippen LogP contribution in [0.5, 0.6) is 0 Å². The van der Waals surface area contributed by atoms with Gasteiger partial charge in [0.2, 0.25) is 10.9 Å². The molecule has 1 aromatic carbocycles. The number of rotatable bonds is 4. The number of aromatic nitrogens is 9. The third kappa shape index (κ3) is 2.68. The third-order valence-corrected chi connectivity index (χ3v) is 5.81. The summed E-state index contributed by atoms with van der Waals surface area (Å²) in [7, 11) is 1.69. The first-order valence-corrected chi connectivity index (χ1v) is 10.1. The fraction of sp³-hybridized carbons (Fsp3) is 0.222. The molecule has 4 heterocycles. The number of hydrogen-bond acceptors (Lipinski definition) is 8. The Morgan fingerprint density at radius 1 is 1.10 bits per heavy atom. The summed E-state index contributed by atoms with van der Waals surface area (Å²) in [6, 6.07) is 9.35. The van der Waals surface area contributed by atoms with Gasteiger partial charge in [-0.1, -0.05) is 23.9 Å². The fourth-order valence-corrected chi connectivity index (χ4v) is 4.22. The highest BCUT2D eigenvalue weighted by molar-refractivity contribution is 7.98. The normalized spacial score (nSPS) is 11.7. The van der Waals surface area contributed by atoms with Crippen molar-refractivity contribution in [2.75, 3.05) is 5.84 Å². The Morgan fingerprint density at radius 3 is 2.67 bits per heavy atom. The third-order valence-electron chi connectivity index (χ3n) is 4.87. The summed E-state index contributed by atoms with van der Waals surface area (Å²) < 4.78 is 6.43. The monoisotopic (exact) mass is 422 g/mol. The maximum absolute atomic E-state index is 12.6. The second kappa shape index (κ2) is 6.69. The molecule has 152 valence electrons. The van der Waals surface area contributed by atoms with Gasteiger partial charge in [-0.2, -0.15) is 5.10 Å². The molecule has 0 aliphatic heterocycles. The lowest BCUT2D eigenvalue weighted by Crippen LogP contribution is -2.20. The molecular weight excluding hydrogens is 404 g/mol. The molecule has 0 bridgehead atoms. The summed E-state index contributed by atoms with van der Waals surface area (Å²) in [6.45, 7) is 3.84. The summed E-state index contributed by atoms with van der Waals surface area (Å²) >= 11 is 1.38. The van der Waals surface area contributed by atoms with Gasteiger partial charge < -0.3 is 5.84 Å². The largest absolute Gasteiger partial charge is 0.334 e. The molecular formula is C18H18N10OS. The molecule has 0 fully saturated rings. The van der Waals surface area contributed by atoms with Crippen molar-refractivity contribution in [3.05, 3.63) is 57.9 Å². The van der Waals surface area contributed by atoms with Crippen LogP contribution >= 0.6 is 11.8 Å². The van der Waals surface area contributed by atoms with E-state index in [1.807, 2.05) is 42.5 Å². The van der Waals surface area contributed by atoms with Crippen LogP contribution in [0, 0.1) is 13.8 Å². The van der Waals surface area contributed by atoms with Crippen molar-refractivity contribution < 1.29 is 0 Å². The molecule has 0 atom stereocenters. The maximum Gasteiger partial charge on any atom is 0.271 e. The topological polar surface area (TPSA) is 127 Å². The first-order valence-electron chi connectivity index (χ1n) is 9.14. The summed E-state index contributed by atoms with van der Waals surface area (Å²) in [6.07, 6.45) is 0. The van der Waals surface area contributed by atoms with E-state index in [0.717, 1.165) is 16.9 Å². The van der Waals surface area contributed by atoms with Gasteiger partial charge >= 0.3 is 0 Å². The Morgan fingerprint density at radius 2 is 1.90 bits per heavy atom. The van der Waals surface area contributed by atoms with Crippen molar-refractivity contribution in [1.29, 1.82) is 0 Å². The quantitative estimate of drug-likeness (QED) is 0.335. The number of thioether (sulfide) groups is 1. The first-order chi connectivity index (χ1) is 14.5. The van der Waals surface area contributed by atoms with Crippen molar-refractivity contribution in [3.8, 4) is 5.95 Å². The predicted octanol–water partition coefficient (Wildman–Crippen LogP) is 0.981. The number of fused-ring (bicyclic) bond motifs is 3. The predicted molar refractivity (Wildman–Crippen MR) is 112 cm³/mol. The molecule has 0 aliphatic rings. The molecule has 11 nitrogen and oxygen atoms in total. The van der Waals surface area contributed by atoms with Crippen LogP contribution in [0.2, 0.25) is 0 Å². The lowest BCUT2D eigenvalue weighted by atomic mass is 10.2. The van der Waals surface area contributed by atoms with E-state index in [4.69, 9.17) is 5.84 Å². The Balaban J connectivity index is 1.53. The Kier molecular flexibility index (Phi) is 4.10. The molecule has 12 heteroatoms. The zero-order valence-electron chi connectivity index (χ0n) is 16.5. The average molecular weight is 422 g/mol. The zero-order chi connectivity index (χ0) is 21.0. The van der Waals surface area contributed by atoms with Crippen molar-refractivity contribution in [1.82, 2.24) is 43.8 Å². The standard InChI is InChI=1S/C18H18N10OS/c1-10-8-11(2)28(24-10)17-22-23-18(27(17)19)30-9-14-20-21-16-25(3)15(29)12-6-4-5-7-13(12)26(14)16/h4-8H,9,19H2,1-3H3. The molecule has 0 unspecified atom stereocenters. The van der Waals surface area contributed by atoms with Crippen LogP contribution in [0.15, 0.2) is 40.3 Å². The lowest BCUT2D eigenvalue weighted by Gasteiger charge is -2.07. The molecule has 0 spiro atoms. The molecule has 0 saturated carbocycles. The maximum atomic E-state index is 12.6. The molecule has 4 aromatic heterocycles. The van der Waals surface area contributed by atoms with Crippen LogP contribution < -0.4 is 11.4 Å². The van der Waals surface area contributed by atoms with Gasteiger partial charge in [0.05, 0.1) is 22.3 Å². The Labute approximate surface area is 174 Å². The molecule has 5 aromatic rings.